The van der Waals surface area contributed by atoms with Crippen LogP contribution in [-0.2, 0) is 26.1 Å². The molecule has 0 saturated carbocycles. The second-order valence-electron chi connectivity index (χ2n) is 6.80. The average Bonchev–Trinajstić information content (AvgIpc) is 2.64. The molecule has 1 amide bonds. The van der Waals surface area contributed by atoms with E-state index in [2.05, 4.69) is 10.2 Å². The second kappa shape index (κ2) is 10.1. The van der Waals surface area contributed by atoms with Crippen molar-refractivity contribution in [3.05, 3.63) is 28.7 Å². The standard InChI is InChI=1S/C18H30N4O5S/c1-4-22(5-2)28(25,26)16-6-7-18(24)21(13-16)14-17(23)19-15(3)12-20-8-10-27-11-9-20/h6-7,13,15H,4-5,8-12,14H2,1-3H3,(H,19,23)/t15-/m0/s1. The van der Waals surface area contributed by atoms with Crippen molar-refractivity contribution in [2.45, 2.75) is 38.3 Å². The fraction of sp³-hybridized carbons (Fsp3) is 0.667. The van der Waals surface area contributed by atoms with Gasteiger partial charge in [-0.05, 0) is 13.0 Å². The number of pyridine rings is 1. The molecule has 1 N–H and O–H groups in total. The minimum atomic E-state index is -3.70. The van der Waals surface area contributed by atoms with Crippen LogP contribution in [0.5, 0.6) is 0 Å². The second-order valence-corrected chi connectivity index (χ2v) is 8.74. The van der Waals surface area contributed by atoms with E-state index in [1.54, 1.807) is 13.8 Å². The van der Waals surface area contributed by atoms with E-state index in [9.17, 15) is 18.0 Å². The van der Waals surface area contributed by atoms with Crippen LogP contribution in [0, 0.1) is 0 Å². The molecule has 1 aliphatic heterocycles. The summed E-state index contributed by atoms with van der Waals surface area (Å²) in [6.45, 7) is 9.55. The summed E-state index contributed by atoms with van der Waals surface area (Å²) in [5.74, 6) is -0.333. The topological polar surface area (TPSA) is 101 Å². The predicted octanol–water partition coefficient (Wildman–Crippen LogP) is -0.284. The van der Waals surface area contributed by atoms with Gasteiger partial charge in [0, 0.05) is 51.0 Å². The van der Waals surface area contributed by atoms with Crippen LogP contribution in [0.3, 0.4) is 0 Å². The molecule has 0 unspecified atom stereocenters. The van der Waals surface area contributed by atoms with Gasteiger partial charge in [-0.1, -0.05) is 13.8 Å². The first-order valence-corrected chi connectivity index (χ1v) is 11.0. The highest BCUT2D eigenvalue weighted by atomic mass is 32.2. The van der Waals surface area contributed by atoms with E-state index in [0.29, 0.717) is 32.8 Å². The summed E-state index contributed by atoms with van der Waals surface area (Å²) in [5, 5.41) is 2.87. The molecule has 1 aromatic rings. The van der Waals surface area contributed by atoms with E-state index < -0.39 is 15.6 Å². The van der Waals surface area contributed by atoms with Crippen LogP contribution in [0.2, 0.25) is 0 Å². The number of nitrogens with one attached hydrogen (secondary N) is 1. The van der Waals surface area contributed by atoms with E-state index >= 15 is 0 Å². The van der Waals surface area contributed by atoms with E-state index in [1.165, 1.54) is 22.6 Å². The molecule has 1 aromatic heterocycles. The third-order valence-corrected chi connectivity index (χ3v) is 6.69. The van der Waals surface area contributed by atoms with Crippen molar-refractivity contribution in [2.24, 2.45) is 0 Å². The van der Waals surface area contributed by atoms with Gasteiger partial charge in [-0.15, -0.1) is 0 Å². The lowest BCUT2D eigenvalue weighted by atomic mass is 10.3. The van der Waals surface area contributed by atoms with Crippen LogP contribution < -0.4 is 10.9 Å². The fourth-order valence-electron chi connectivity index (χ4n) is 3.19. The van der Waals surface area contributed by atoms with Gasteiger partial charge in [0.1, 0.15) is 6.54 Å². The number of rotatable bonds is 9. The monoisotopic (exact) mass is 414 g/mol. The first kappa shape index (κ1) is 22.5. The zero-order valence-corrected chi connectivity index (χ0v) is 17.6. The molecule has 158 valence electrons. The molecule has 28 heavy (non-hydrogen) atoms. The molecule has 0 radical (unpaired) electrons. The molecule has 1 saturated heterocycles. The molecule has 1 fully saturated rings. The Hall–Kier alpha value is -1.75. The molecule has 0 spiro atoms. The van der Waals surface area contributed by atoms with Gasteiger partial charge >= 0.3 is 0 Å². The fourth-order valence-corrected chi connectivity index (χ4v) is 4.67. The van der Waals surface area contributed by atoms with Crippen molar-refractivity contribution in [1.29, 1.82) is 0 Å². The van der Waals surface area contributed by atoms with Crippen molar-refractivity contribution < 1.29 is 17.9 Å². The highest BCUT2D eigenvalue weighted by Gasteiger charge is 2.23. The Kier molecular flexibility index (Phi) is 8.17. The lowest BCUT2D eigenvalue weighted by Gasteiger charge is -2.29. The maximum atomic E-state index is 12.6. The van der Waals surface area contributed by atoms with E-state index in [4.69, 9.17) is 4.74 Å². The molecule has 0 aliphatic carbocycles. The molecule has 0 aromatic carbocycles. The summed E-state index contributed by atoms with van der Waals surface area (Å²) in [4.78, 5) is 26.7. The Morgan fingerprint density at radius 2 is 1.89 bits per heavy atom. The zero-order chi connectivity index (χ0) is 20.7. The van der Waals surface area contributed by atoms with Crippen molar-refractivity contribution in [3.8, 4) is 0 Å². The van der Waals surface area contributed by atoms with Gasteiger partial charge in [0.25, 0.3) is 5.56 Å². The molecule has 0 bridgehead atoms. The smallest absolute Gasteiger partial charge is 0.251 e. The zero-order valence-electron chi connectivity index (χ0n) is 16.8. The van der Waals surface area contributed by atoms with Crippen LogP contribution in [0.25, 0.3) is 0 Å². The van der Waals surface area contributed by atoms with Gasteiger partial charge in [-0.3, -0.25) is 14.5 Å². The summed E-state index contributed by atoms with van der Waals surface area (Å²) in [7, 11) is -3.70. The van der Waals surface area contributed by atoms with Crippen molar-refractivity contribution in [3.63, 3.8) is 0 Å². The number of ether oxygens (including phenoxy) is 1. The number of hydrogen-bond donors (Lipinski definition) is 1. The highest BCUT2D eigenvalue weighted by molar-refractivity contribution is 7.89. The Morgan fingerprint density at radius 3 is 2.50 bits per heavy atom. The van der Waals surface area contributed by atoms with Crippen LogP contribution in [0.1, 0.15) is 20.8 Å². The van der Waals surface area contributed by atoms with Crippen LogP contribution >= 0.6 is 0 Å². The third-order valence-electron chi connectivity index (χ3n) is 4.66. The molecular weight excluding hydrogens is 384 g/mol. The normalized spacial score (nSPS) is 16.9. The summed E-state index contributed by atoms with van der Waals surface area (Å²) >= 11 is 0. The number of carbonyl (C=O) groups is 1. The quantitative estimate of drug-likeness (QED) is 0.596. The molecule has 1 aliphatic rings. The molecule has 1 atom stereocenters. The first-order valence-electron chi connectivity index (χ1n) is 9.58. The average molecular weight is 415 g/mol. The summed E-state index contributed by atoms with van der Waals surface area (Å²) < 4.78 is 33.0. The van der Waals surface area contributed by atoms with Crippen molar-refractivity contribution in [1.82, 2.24) is 19.1 Å². The number of carbonyl (C=O) groups excluding carboxylic acids is 1. The van der Waals surface area contributed by atoms with Crippen LogP contribution in [-0.4, -0.2) is 80.1 Å². The minimum Gasteiger partial charge on any atom is -0.379 e. The van der Waals surface area contributed by atoms with Crippen LogP contribution in [0.4, 0.5) is 0 Å². The number of amides is 1. The highest BCUT2D eigenvalue weighted by Crippen LogP contribution is 2.13. The number of nitrogens with zero attached hydrogens (tertiary/aromatic N) is 3. The summed E-state index contributed by atoms with van der Waals surface area (Å²) in [6, 6.07) is 2.37. The molecule has 2 heterocycles. The SMILES string of the molecule is CCN(CC)S(=O)(=O)c1ccc(=O)n(CC(=O)N[C@@H](C)CN2CCOCC2)c1. The largest absolute Gasteiger partial charge is 0.379 e. The molecular formula is C18H30N4O5S. The Bertz CT molecular complexity index is 814. The van der Waals surface area contributed by atoms with E-state index in [-0.39, 0.29) is 23.4 Å². The summed E-state index contributed by atoms with van der Waals surface area (Å²) in [6.07, 6.45) is 1.24. The van der Waals surface area contributed by atoms with Gasteiger partial charge in [0.15, 0.2) is 0 Å². The van der Waals surface area contributed by atoms with E-state index in [0.717, 1.165) is 17.7 Å². The lowest BCUT2D eigenvalue weighted by Crippen LogP contribution is -2.47. The third kappa shape index (κ3) is 5.87. The maximum absolute atomic E-state index is 12.6. The number of morpholine rings is 1. The van der Waals surface area contributed by atoms with Crippen molar-refractivity contribution in [2.75, 3.05) is 45.9 Å². The van der Waals surface area contributed by atoms with E-state index in [1.807, 2.05) is 6.92 Å². The number of sulfonamides is 1. The molecule has 10 heteroatoms. The molecule has 2 rings (SSSR count). The Labute approximate surface area is 166 Å². The van der Waals surface area contributed by atoms with Gasteiger partial charge in [-0.25, -0.2) is 8.42 Å². The van der Waals surface area contributed by atoms with Gasteiger partial charge < -0.3 is 14.6 Å². The van der Waals surface area contributed by atoms with Gasteiger partial charge in [-0.2, -0.15) is 4.31 Å². The number of aromatic nitrogens is 1. The van der Waals surface area contributed by atoms with Gasteiger partial charge in [0.05, 0.1) is 18.1 Å². The first-order chi connectivity index (χ1) is 13.3. The minimum absolute atomic E-state index is 0.00460. The van der Waals surface area contributed by atoms with Crippen LogP contribution in [0.15, 0.2) is 28.0 Å². The van der Waals surface area contributed by atoms with Crippen molar-refractivity contribution >= 4 is 15.9 Å². The Morgan fingerprint density at radius 1 is 1.25 bits per heavy atom. The Balaban J connectivity index is 2.04. The maximum Gasteiger partial charge on any atom is 0.251 e. The summed E-state index contributed by atoms with van der Waals surface area (Å²) in [5.41, 5.74) is -0.422. The lowest BCUT2D eigenvalue weighted by molar-refractivity contribution is -0.122. The molecule has 9 nitrogen and oxygen atoms in total. The van der Waals surface area contributed by atoms with Gasteiger partial charge in [0.2, 0.25) is 15.9 Å². The number of hydrogen-bond acceptors (Lipinski definition) is 6. The predicted molar refractivity (Wildman–Crippen MR) is 106 cm³/mol.